The zero-order valence-electron chi connectivity index (χ0n) is 19.1. The molecule has 0 spiro atoms. The van der Waals surface area contributed by atoms with E-state index in [1.54, 1.807) is 6.07 Å². The van der Waals surface area contributed by atoms with Gasteiger partial charge in [-0.1, -0.05) is 56.3 Å². The summed E-state index contributed by atoms with van der Waals surface area (Å²) in [5.41, 5.74) is 6.62. The lowest BCUT2D eigenvalue weighted by Crippen LogP contribution is -2.17. The molecule has 4 nitrogen and oxygen atoms in total. The number of benzene rings is 3. The maximum atomic E-state index is 12.8. The van der Waals surface area contributed by atoms with Crippen molar-refractivity contribution < 1.29 is 9.53 Å². The van der Waals surface area contributed by atoms with Crippen LogP contribution in [0.3, 0.4) is 0 Å². The molecule has 0 aliphatic carbocycles. The second kappa shape index (κ2) is 9.67. The van der Waals surface area contributed by atoms with E-state index in [0.29, 0.717) is 17.9 Å². The molecule has 1 unspecified atom stereocenters. The highest BCUT2D eigenvalue weighted by Gasteiger charge is 2.23. The molecule has 0 aliphatic heterocycles. The Morgan fingerprint density at radius 2 is 1.82 bits per heavy atom. The second-order valence-electron chi connectivity index (χ2n) is 8.52. The van der Waals surface area contributed by atoms with E-state index in [4.69, 9.17) is 4.74 Å². The smallest absolute Gasteiger partial charge is 0.313 e. The molecule has 1 atom stereocenters. The Bertz CT molecular complexity index is 1350. The summed E-state index contributed by atoms with van der Waals surface area (Å²) in [6.45, 7) is 4.36. The van der Waals surface area contributed by atoms with Gasteiger partial charge in [0.15, 0.2) is 0 Å². The van der Waals surface area contributed by atoms with E-state index in [-0.39, 0.29) is 5.97 Å². The fourth-order valence-corrected chi connectivity index (χ4v) is 4.17. The van der Waals surface area contributed by atoms with Crippen LogP contribution < -0.4 is 0 Å². The summed E-state index contributed by atoms with van der Waals surface area (Å²) in [7, 11) is 1.41. The molecule has 0 aliphatic rings. The van der Waals surface area contributed by atoms with Gasteiger partial charge in [0.1, 0.15) is 0 Å². The fraction of sp³-hybridized carbons (Fsp3) is 0.207. The van der Waals surface area contributed by atoms with Gasteiger partial charge in [-0.25, -0.2) is 0 Å². The van der Waals surface area contributed by atoms with Crippen molar-refractivity contribution in [3.63, 3.8) is 0 Å². The second-order valence-corrected chi connectivity index (χ2v) is 8.52. The van der Waals surface area contributed by atoms with Gasteiger partial charge < -0.3 is 4.74 Å². The fourth-order valence-electron chi connectivity index (χ4n) is 4.17. The molecule has 0 fully saturated rings. The number of rotatable bonds is 6. The number of esters is 1. The van der Waals surface area contributed by atoms with Crippen molar-refractivity contribution in [2.24, 2.45) is 0 Å². The van der Waals surface area contributed by atoms with Gasteiger partial charge in [0.05, 0.1) is 30.2 Å². The Morgan fingerprint density at radius 3 is 2.58 bits per heavy atom. The highest BCUT2D eigenvalue weighted by molar-refractivity contribution is 5.94. The first kappa shape index (κ1) is 22.2. The maximum Gasteiger partial charge on any atom is 0.313 e. The van der Waals surface area contributed by atoms with Crippen LogP contribution in [-0.2, 0) is 16.0 Å². The number of carbonyl (C=O) groups excluding carboxylic acids is 1. The predicted molar refractivity (Wildman–Crippen MR) is 131 cm³/mol. The minimum atomic E-state index is -0.476. The maximum absolute atomic E-state index is 12.8. The minimum absolute atomic E-state index is 0.298. The van der Waals surface area contributed by atoms with Gasteiger partial charge in [0.25, 0.3) is 0 Å². The first-order chi connectivity index (χ1) is 16.0. The summed E-state index contributed by atoms with van der Waals surface area (Å²) in [4.78, 5) is 17.4. The van der Waals surface area contributed by atoms with Crippen molar-refractivity contribution in [1.82, 2.24) is 4.98 Å². The molecule has 0 bridgehead atoms. The van der Waals surface area contributed by atoms with Crippen molar-refractivity contribution in [3.05, 3.63) is 101 Å². The number of methoxy groups -OCH3 is 1. The molecular formula is C29H26N2O2. The van der Waals surface area contributed by atoms with Gasteiger partial charge in [-0.2, -0.15) is 5.26 Å². The number of hydrogen-bond donors (Lipinski definition) is 0. The molecule has 0 N–H and O–H groups in total. The number of hydrogen-bond acceptors (Lipinski definition) is 4. The van der Waals surface area contributed by atoms with Crippen LogP contribution in [0.5, 0.6) is 0 Å². The lowest BCUT2D eigenvalue weighted by molar-refractivity contribution is -0.142. The molecule has 4 aromatic rings. The summed E-state index contributed by atoms with van der Waals surface area (Å²) >= 11 is 0. The Morgan fingerprint density at radius 1 is 1.00 bits per heavy atom. The molecule has 164 valence electrons. The average molecular weight is 435 g/mol. The molecule has 4 rings (SSSR count). The number of carbonyl (C=O) groups is 1. The van der Waals surface area contributed by atoms with Crippen molar-refractivity contribution in [2.75, 3.05) is 7.11 Å². The zero-order valence-corrected chi connectivity index (χ0v) is 19.1. The third kappa shape index (κ3) is 4.78. The first-order valence-electron chi connectivity index (χ1n) is 11.1. The Labute approximate surface area is 194 Å². The number of aromatic nitrogens is 1. The van der Waals surface area contributed by atoms with Crippen LogP contribution in [0.15, 0.2) is 79.0 Å². The summed E-state index contributed by atoms with van der Waals surface area (Å²) in [5.74, 6) is -0.392. The lowest BCUT2D eigenvalue weighted by atomic mass is 9.88. The molecule has 33 heavy (non-hydrogen) atoms. The standard InChI is InChI=1S/C29H26N2O2/c1-19(2)25-16-24-11-6-12-31-28(24)26(17-25)22-9-5-10-23(15-22)27(29(32)33-3)14-20-7-4-8-21(13-20)18-30/h4-13,15-17,19,27H,14H2,1-3H3. The Kier molecular flexibility index (Phi) is 6.51. The SMILES string of the molecule is COC(=O)C(Cc1cccc(C#N)c1)c1cccc(-c2cc(C(C)C)cc3cccnc23)c1. The normalized spacial score (nSPS) is 11.8. The topological polar surface area (TPSA) is 63.0 Å². The Balaban J connectivity index is 1.80. The number of nitrogens with zero attached hydrogens (tertiary/aromatic N) is 2. The quantitative estimate of drug-likeness (QED) is 0.330. The molecule has 1 aromatic heterocycles. The third-order valence-electron chi connectivity index (χ3n) is 5.98. The molecule has 4 heteroatoms. The van der Waals surface area contributed by atoms with Gasteiger partial charge in [-0.05, 0) is 64.9 Å². The highest BCUT2D eigenvalue weighted by atomic mass is 16.5. The van der Waals surface area contributed by atoms with Gasteiger partial charge in [-0.15, -0.1) is 0 Å². The number of fused-ring (bicyclic) bond motifs is 1. The van der Waals surface area contributed by atoms with E-state index in [9.17, 15) is 10.1 Å². The van der Waals surface area contributed by atoms with E-state index in [2.05, 4.69) is 55.2 Å². The molecule has 3 aromatic carbocycles. The van der Waals surface area contributed by atoms with Crippen LogP contribution in [0.4, 0.5) is 0 Å². The lowest BCUT2D eigenvalue weighted by Gasteiger charge is -2.17. The third-order valence-corrected chi connectivity index (χ3v) is 5.98. The highest BCUT2D eigenvalue weighted by Crippen LogP contribution is 2.33. The van der Waals surface area contributed by atoms with Crippen molar-refractivity contribution in [2.45, 2.75) is 32.1 Å². The van der Waals surface area contributed by atoms with E-state index in [1.165, 1.54) is 12.7 Å². The molecule has 0 saturated carbocycles. The molecule has 0 amide bonds. The average Bonchev–Trinajstić information content (AvgIpc) is 2.86. The summed E-state index contributed by atoms with van der Waals surface area (Å²) in [6.07, 6.45) is 2.26. The number of nitriles is 1. The van der Waals surface area contributed by atoms with Crippen molar-refractivity contribution in [1.29, 1.82) is 5.26 Å². The minimum Gasteiger partial charge on any atom is -0.469 e. The molecular weight excluding hydrogens is 408 g/mol. The largest absolute Gasteiger partial charge is 0.469 e. The number of pyridine rings is 1. The predicted octanol–water partition coefficient (Wildman–Crippen LogP) is 6.40. The molecule has 0 saturated heterocycles. The summed E-state index contributed by atoms with van der Waals surface area (Å²) < 4.78 is 5.15. The monoisotopic (exact) mass is 434 g/mol. The van der Waals surface area contributed by atoms with Gasteiger partial charge >= 0.3 is 5.97 Å². The van der Waals surface area contributed by atoms with Crippen LogP contribution >= 0.6 is 0 Å². The summed E-state index contributed by atoms with van der Waals surface area (Å²) in [6, 6.07) is 26.0. The molecule has 1 heterocycles. The van der Waals surface area contributed by atoms with Gasteiger partial charge in [-0.3, -0.25) is 9.78 Å². The van der Waals surface area contributed by atoms with Crippen LogP contribution in [0, 0.1) is 11.3 Å². The van der Waals surface area contributed by atoms with Crippen LogP contribution in [0.1, 0.15) is 47.9 Å². The molecule has 0 radical (unpaired) electrons. The Hall–Kier alpha value is -3.97. The first-order valence-corrected chi connectivity index (χ1v) is 11.1. The van der Waals surface area contributed by atoms with Crippen molar-refractivity contribution >= 4 is 16.9 Å². The van der Waals surface area contributed by atoms with E-state index in [1.807, 2.05) is 42.6 Å². The van der Waals surface area contributed by atoms with E-state index < -0.39 is 5.92 Å². The number of ether oxygens (including phenoxy) is 1. The van der Waals surface area contributed by atoms with Crippen LogP contribution in [0.2, 0.25) is 0 Å². The van der Waals surface area contributed by atoms with Crippen LogP contribution in [0.25, 0.3) is 22.0 Å². The van der Waals surface area contributed by atoms with Crippen molar-refractivity contribution in [3.8, 4) is 17.2 Å². The van der Waals surface area contributed by atoms with Gasteiger partial charge in [0.2, 0.25) is 0 Å². The van der Waals surface area contributed by atoms with E-state index >= 15 is 0 Å². The summed E-state index contributed by atoms with van der Waals surface area (Å²) in [5, 5.41) is 10.3. The van der Waals surface area contributed by atoms with E-state index in [0.717, 1.165) is 33.2 Å². The zero-order chi connectivity index (χ0) is 23.4. The van der Waals surface area contributed by atoms with Gasteiger partial charge in [0, 0.05) is 17.1 Å². The van der Waals surface area contributed by atoms with Crippen LogP contribution in [-0.4, -0.2) is 18.1 Å².